The molecule has 0 atom stereocenters. The number of rotatable bonds is 5. The Balaban J connectivity index is 0.000000501. The Kier molecular flexibility index (Phi) is 8.98. The third kappa shape index (κ3) is 7.40. The molecule has 1 aliphatic rings. The number of nitrogens with zero attached hydrogens (tertiary/aromatic N) is 2. The molecular formula is C22H27N3O6. The smallest absolute Gasteiger partial charge is 0.414 e. The first kappa shape index (κ1) is 23.8. The van der Waals surface area contributed by atoms with Crippen molar-refractivity contribution in [3.8, 4) is 11.1 Å². The Labute approximate surface area is 180 Å². The van der Waals surface area contributed by atoms with Crippen molar-refractivity contribution in [2.24, 2.45) is 5.73 Å². The van der Waals surface area contributed by atoms with Gasteiger partial charge in [-0.2, -0.15) is 0 Å². The summed E-state index contributed by atoms with van der Waals surface area (Å²) >= 11 is 0. The maximum Gasteiger partial charge on any atom is 0.414 e. The SMILES string of the molecule is CN(Cc1cccc(-c2ccc(N3CCOCC3)cc2)c1)C(=O)CN.O=C(O)C(=O)O. The van der Waals surface area contributed by atoms with E-state index < -0.39 is 11.9 Å². The molecular weight excluding hydrogens is 402 g/mol. The lowest BCUT2D eigenvalue weighted by molar-refractivity contribution is -0.159. The van der Waals surface area contributed by atoms with Gasteiger partial charge in [-0.15, -0.1) is 0 Å². The summed E-state index contributed by atoms with van der Waals surface area (Å²) in [5.41, 5.74) is 10.1. The van der Waals surface area contributed by atoms with Gasteiger partial charge in [0.25, 0.3) is 0 Å². The molecule has 1 heterocycles. The molecule has 0 aliphatic carbocycles. The maximum absolute atomic E-state index is 11.6. The van der Waals surface area contributed by atoms with E-state index in [0.29, 0.717) is 6.54 Å². The number of morpholine rings is 1. The van der Waals surface area contributed by atoms with Crippen LogP contribution in [0.1, 0.15) is 5.56 Å². The first-order valence-corrected chi connectivity index (χ1v) is 9.74. The number of aliphatic carboxylic acids is 2. The van der Waals surface area contributed by atoms with Crippen LogP contribution in [-0.4, -0.2) is 72.9 Å². The maximum atomic E-state index is 11.6. The van der Waals surface area contributed by atoms with Gasteiger partial charge in [-0.25, -0.2) is 9.59 Å². The van der Waals surface area contributed by atoms with E-state index in [1.807, 2.05) is 12.1 Å². The van der Waals surface area contributed by atoms with E-state index in [4.69, 9.17) is 30.3 Å². The van der Waals surface area contributed by atoms with Crippen molar-refractivity contribution >= 4 is 23.5 Å². The highest BCUT2D eigenvalue weighted by Gasteiger charge is 2.11. The first-order valence-electron chi connectivity index (χ1n) is 9.74. The molecule has 9 heteroatoms. The van der Waals surface area contributed by atoms with Gasteiger partial charge in [0.15, 0.2) is 0 Å². The van der Waals surface area contributed by atoms with E-state index in [1.54, 1.807) is 11.9 Å². The molecule has 31 heavy (non-hydrogen) atoms. The van der Waals surface area contributed by atoms with E-state index in [-0.39, 0.29) is 12.5 Å². The lowest BCUT2D eigenvalue weighted by atomic mass is 10.0. The summed E-state index contributed by atoms with van der Waals surface area (Å²) < 4.78 is 5.41. The zero-order valence-electron chi connectivity index (χ0n) is 17.4. The average molecular weight is 429 g/mol. The van der Waals surface area contributed by atoms with Crippen LogP contribution in [0.5, 0.6) is 0 Å². The average Bonchev–Trinajstić information content (AvgIpc) is 2.79. The number of anilines is 1. The van der Waals surface area contributed by atoms with Crippen molar-refractivity contribution in [1.82, 2.24) is 4.90 Å². The normalized spacial score (nSPS) is 13.0. The van der Waals surface area contributed by atoms with Crippen molar-refractivity contribution in [1.29, 1.82) is 0 Å². The monoisotopic (exact) mass is 429 g/mol. The molecule has 2 aromatic carbocycles. The van der Waals surface area contributed by atoms with E-state index in [9.17, 15) is 4.79 Å². The van der Waals surface area contributed by atoms with Crippen LogP contribution in [0.3, 0.4) is 0 Å². The molecule has 4 N–H and O–H groups in total. The Bertz CT molecular complexity index is 882. The van der Waals surface area contributed by atoms with Crippen LogP contribution in [-0.2, 0) is 25.7 Å². The highest BCUT2D eigenvalue weighted by atomic mass is 16.5. The Morgan fingerprint density at radius 3 is 2.16 bits per heavy atom. The van der Waals surface area contributed by atoms with Crippen molar-refractivity contribution in [3.63, 3.8) is 0 Å². The molecule has 1 saturated heterocycles. The molecule has 0 unspecified atom stereocenters. The minimum Gasteiger partial charge on any atom is -0.473 e. The molecule has 0 aromatic heterocycles. The number of hydrogen-bond acceptors (Lipinski definition) is 6. The highest BCUT2D eigenvalue weighted by molar-refractivity contribution is 6.27. The van der Waals surface area contributed by atoms with Gasteiger partial charge in [0.05, 0.1) is 19.8 Å². The second-order valence-electron chi connectivity index (χ2n) is 6.91. The number of likely N-dealkylation sites (N-methyl/N-ethyl adjacent to an activating group) is 1. The summed E-state index contributed by atoms with van der Waals surface area (Å²) in [6, 6.07) is 16.9. The molecule has 0 bridgehead atoms. The summed E-state index contributed by atoms with van der Waals surface area (Å²) in [5.74, 6) is -3.70. The van der Waals surface area contributed by atoms with E-state index in [0.717, 1.165) is 37.4 Å². The van der Waals surface area contributed by atoms with Gasteiger partial charge in [-0.1, -0.05) is 30.3 Å². The Hall–Kier alpha value is -3.43. The molecule has 0 spiro atoms. The quantitative estimate of drug-likeness (QED) is 0.605. The summed E-state index contributed by atoms with van der Waals surface area (Å²) in [4.78, 5) is 33.8. The van der Waals surface area contributed by atoms with Gasteiger partial charge in [0.2, 0.25) is 5.91 Å². The van der Waals surface area contributed by atoms with Gasteiger partial charge in [0, 0.05) is 32.4 Å². The lowest BCUT2D eigenvalue weighted by Gasteiger charge is -2.29. The third-order valence-electron chi connectivity index (χ3n) is 4.71. The second kappa shape index (κ2) is 11.7. The minimum atomic E-state index is -1.82. The fourth-order valence-corrected chi connectivity index (χ4v) is 3.05. The van der Waals surface area contributed by atoms with E-state index in [1.165, 1.54) is 11.3 Å². The van der Waals surface area contributed by atoms with E-state index in [2.05, 4.69) is 41.3 Å². The van der Waals surface area contributed by atoms with Crippen LogP contribution >= 0.6 is 0 Å². The van der Waals surface area contributed by atoms with Gasteiger partial charge in [-0.3, -0.25) is 4.79 Å². The van der Waals surface area contributed by atoms with Gasteiger partial charge >= 0.3 is 11.9 Å². The number of carboxylic acid groups (broad SMARTS) is 2. The molecule has 1 fully saturated rings. The largest absolute Gasteiger partial charge is 0.473 e. The molecule has 3 rings (SSSR count). The topological polar surface area (TPSA) is 133 Å². The zero-order valence-corrected chi connectivity index (χ0v) is 17.4. The van der Waals surface area contributed by atoms with Crippen molar-refractivity contribution in [2.75, 3.05) is 44.8 Å². The fourth-order valence-electron chi connectivity index (χ4n) is 3.05. The number of amides is 1. The number of carbonyl (C=O) groups excluding carboxylic acids is 1. The summed E-state index contributed by atoms with van der Waals surface area (Å²) in [7, 11) is 1.78. The van der Waals surface area contributed by atoms with Crippen LogP contribution < -0.4 is 10.6 Å². The van der Waals surface area contributed by atoms with Crippen molar-refractivity contribution < 1.29 is 29.3 Å². The summed E-state index contributed by atoms with van der Waals surface area (Å²) in [6.07, 6.45) is 0. The molecule has 9 nitrogen and oxygen atoms in total. The van der Waals surface area contributed by atoms with Crippen LogP contribution in [0, 0.1) is 0 Å². The van der Waals surface area contributed by atoms with Gasteiger partial charge in [0.1, 0.15) is 0 Å². The summed E-state index contributed by atoms with van der Waals surface area (Å²) in [6.45, 7) is 4.07. The number of ether oxygens (including phenoxy) is 1. The molecule has 2 aromatic rings. The van der Waals surface area contributed by atoms with Crippen molar-refractivity contribution in [3.05, 3.63) is 54.1 Å². The van der Waals surface area contributed by atoms with Gasteiger partial charge < -0.3 is 30.5 Å². The summed E-state index contributed by atoms with van der Waals surface area (Å²) in [5, 5.41) is 14.8. The number of carboxylic acids is 2. The zero-order chi connectivity index (χ0) is 22.8. The molecule has 1 amide bonds. The standard InChI is InChI=1S/C20H25N3O2.C2H2O4/c1-22(20(24)14-21)15-16-3-2-4-18(13-16)17-5-7-19(8-6-17)23-9-11-25-12-10-23;3-1(4)2(5)6/h2-8,13H,9-12,14-15,21H2,1H3;(H,3,4)(H,5,6). The fraction of sp³-hybridized carbons (Fsp3) is 0.318. The van der Waals surface area contributed by atoms with E-state index >= 15 is 0 Å². The number of benzene rings is 2. The predicted octanol–water partition coefficient (Wildman–Crippen LogP) is 1.26. The van der Waals surface area contributed by atoms with Crippen LogP contribution in [0.15, 0.2) is 48.5 Å². The van der Waals surface area contributed by atoms with Crippen molar-refractivity contribution in [2.45, 2.75) is 6.54 Å². The number of carbonyl (C=O) groups is 3. The van der Waals surface area contributed by atoms with Crippen LogP contribution in [0.25, 0.3) is 11.1 Å². The molecule has 0 saturated carbocycles. The highest BCUT2D eigenvalue weighted by Crippen LogP contribution is 2.25. The Morgan fingerprint density at radius 2 is 1.61 bits per heavy atom. The third-order valence-corrected chi connectivity index (χ3v) is 4.71. The Morgan fingerprint density at radius 1 is 1.00 bits per heavy atom. The number of nitrogens with two attached hydrogens (primary N) is 1. The second-order valence-corrected chi connectivity index (χ2v) is 6.91. The van der Waals surface area contributed by atoms with Crippen LogP contribution in [0.2, 0.25) is 0 Å². The number of hydrogen-bond donors (Lipinski definition) is 3. The molecule has 166 valence electrons. The van der Waals surface area contributed by atoms with Crippen LogP contribution in [0.4, 0.5) is 5.69 Å². The molecule has 1 aliphatic heterocycles. The first-order chi connectivity index (χ1) is 14.8. The molecule has 0 radical (unpaired) electrons. The lowest BCUT2D eigenvalue weighted by Crippen LogP contribution is -2.36. The minimum absolute atomic E-state index is 0.0409. The predicted molar refractivity (Wildman–Crippen MR) is 116 cm³/mol. The van der Waals surface area contributed by atoms with Gasteiger partial charge in [-0.05, 0) is 34.9 Å².